The lowest BCUT2D eigenvalue weighted by atomic mass is 9.63. The van der Waals surface area contributed by atoms with Crippen LogP contribution < -0.4 is 19.3 Å². The Bertz CT molecular complexity index is 2020. The second-order valence-electron chi connectivity index (χ2n) is 16.8. The topological polar surface area (TPSA) is 91.4 Å². The highest BCUT2D eigenvalue weighted by molar-refractivity contribution is 7.90. The van der Waals surface area contributed by atoms with Crippen molar-refractivity contribution >= 4 is 38.9 Å². The third-order valence-corrected chi connectivity index (χ3v) is 15.7. The summed E-state index contributed by atoms with van der Waals surface area (Å²) in [7, 11) is -2.11. The van der Waals surface area contributed by atoms with Gasteiger partial charge in [0.05, 0.1) is 17.5 Å². The number of ether oxygens (including phenoxy) is 2. The van der Waals surface area contributed by atoms with Gasteiger partial charge in [-0.05, 0) is 117 Å². The number of halogens is 1. The van der Waals surface area contributed by atoms with Crippen LogP contribution in [0, 0.1) is 17.8 Å². The van der Waals surface area contributed by atoms with Gasteiger partial charge in [0.15, 0.2) is 0 Å². The molecule has 9 nitrogen and oxygen atoms in total. The molecule has 2 bridgehead atoms. The first-order valence-corrected chi connectivity index (χ1v) is 22.0. The fourth-order valence-electron chi connectivity index (χ4n) is 9.96. The van der Waals surface area contributed by atoms with Crippen LogP contribution in [0.5, 0.6) is 5.75 Å². The number of sulfonamides is 1. The molecule has 3 heterocycles. The van der Waals surface area contributed by atoms with Crippen LogP contribution in [0.2, 0.25) is 5.02 Å². The number of piperazine rings is 1. The first-order valence-electron chi connectivity index (χ1n) is 20.1. The van der Waals surface area contributed by atoms with Crippen molar-refractivity contribution in [2.24, 2.45) is 17.8 Å². The summed E-state index contributed by atoms with van der Waals surface area (Å²) in [5.41, 5.74) is 4.12. The minimum absolute atomic E-state index is 0.226. The fourth-order valence-corrected chi connectivity index (χ4v) is 11.4. The van der Waals surface area contributed by atoms with Crippen LogP contribution in [0.4, 0.5) is 11.4 Å². The van der Waals surface area contributed by atoms with Crippen molar-refractivity contribution in [3.63, 3.8) is 0 Å². The lowest BCUT2D eigenvalue weighted by molar-refractivity contribution is -0.0919. The van der Waals surface area contributed by atoms with E-state index in [9.17, 15) is 13.2 Å². The Morgan fingerprint density at radius 3 is 2.53 bits per heavy atom. The largest absolute Gasteiger partial charge is 0.490 e. The molecule has 2 aliphatic carbocycles. The van der Waals surface area contributed by atoms with Gasteiger partial charge in [0.1, 0.15) is 11.4 Å². The summed E-state index contributed by atoms with van der Waals surface area (Å²) in [6.07, 6.45) is 10.0. The fraction of sp³-hybridized carbons (Fsp3) is 0.523. The summed E-state index contributed by atoms with van der Waals surface area (Å²) in [6.45, 7) is 10.1. The highest BCUT2D eigenvalue weighted by Crippen LogP contribution is 2.49. The number of fused-ring (bicyclic) bond motifs is 4. The molecule has 0 unspecified atom stereocenters. The SMILES string of the molecule is CO[C@@]1(CN2CCN(c3ccccc3)CC2)/C=C/C[C@H](C)[C@@H](C)S(=O)(=O)NC(=O)c2ccc3c(c2)N(C[C@@H]2CC[C@H]21)C[C@@]1(CCCc2cc(Cl)ccc21)CO3. The van der Waals surface area contributed by atoms with Crippen molar-refractivity contribution in [2.45, 2.75) is 68.6 Å². The van der Waals surface area contributed by atoms with E-state index in [2.05, 4.69) is 74.0 Å². The molecular formula is C44H55ClN4O5S. The number of hydrogen-bond acceptors (Lipinski definition) is 8. The zero-order chi connectivity index (χ0) is 38.4. The summed E-state index contributed by atoms with van der Waals surface area (Å²) < 4.78 is 43.1. The van der Waals surface area contributed by atoms with Crippen LogP contribution >= 0.6 is 11.6 Å². The quantitative estimate of drug-likeness (QED) is 0.281. The van der Waals surface area contributed by atoms with Crippen LogP contribution in [0.15, 0.2) is 78.9 Å². The number of anilines is 2. The van der Waals surface area contributed by atoms with Gasteiger partial charge in [0.2, 0.25) is 10.0 Å². The van der Waals surface area contributed by atoms with E-state index in [0.717, 1.165) is 82.1 Å². The molecule has 0 aromatic heterocycles. The summed E-state index contributed by atoms with van der Waals surface area (Å²) in [5, 5.41) is -0.0374. The molecule has 6 atom stereocenters. The maximum atomic E-state index is 13.7. The second kappa shape index (κ2) is 15.4. The number of nitrogens with zero attached hydrogens (tertiary/aromatic N) is 3. The van der Waals surface area contributed by atoms with Crippen LogP contribution in [-0.4, -0.2) is 89.6 Å². The van der Waals surface area contributed by atoms with Crippen molar-refractivity contribution in [1.82, 2.24) is 9.62 Å². The standard InChI is InChI=1S/C44H55ClN4O5S/c1-31-9-7-20-44(53-3,29-47-21-23-48(24-22-47)37-11-5-4-6-12-37)39-16-13-35(39)27-49-28-43(19-8-10-33-25-36(45)15-17-38(33)43)30-54-41-18-14-34(26-40(41)49)42(50)46-55(51,52)32(31)2/h4-7,11-12,14-15,17-18,20,25-26,31-32,35,39H,8-10,13,16,19,21-24,27-30H2,1-3H3,(H,46,50)/b20-7+/t31-,32+,35-,39+,43-,44+/m0/s1. The Labute approximate surface area is 332 Å². The lowest BCUT2D eigenvalue weighted by Crippen LogP contribution is -2.59. The number of carbonyl (C=O) groups is 1. The molecule has 1 saturated carbocycles. The van der Waals surface area contributed by atoms with Gasteiger partial charge in [0, 0.05) is 74.6 Å². The molecule has 5 aliphatic rings. The molecule has 3 aliphatic heterocycles. The summed E-state index contributed by atoms with van der Waals surface area (Å²) in [6, 6.07) is 22.3. The highest BCUT2D eigenvalue weighted by atomic mass is 35.5. The molecule has 0 radical (unpaired) electrons. The number of benzene rings is 3. The molecule has 3 aromatic rings. The van der Waals surface area contributed by atoms with Crippen LogP contribution in [-0.2, 0) is 26.6 Å². The van der Waals surface area contributed by atoms with Gasteiger partial charge in [-0.3, -0.25) is 9.69 Å². The predicted octanol–water partition coefficient (Wildman–Crippen LogP) is 7.09. The van der Waals surface area contributed by atoms with Crippen molar-refractivity contribution in [3.8, 4) is 5.75 Å². The first-order chi connectivity index (χ1) is 26.5. The van der Waals surface area contributed by atoms with Gasteiger partial charge in [-0.25, -0.2) is 13.1 Å². The second-order valence-corrected chi connectivity index (χ2v) is 19.3. The number of methoxy groups -OCH3 is 1. The van der Waals surface area contributed by atoms with Gasteiger partial charge in [-0.1, -0.05) is 54.9 Å². The monoisotopic (exact) mass is 786 g/mol. The van der Waals surface area contributed by atoms with E-state index in [4.69, 9.17) is 21.1 Å². The molecule has 1 N–H and O–H groups in total. The Morgan fingerprint density at radius 2 is 1.78 bits per heavy atom. The van der Waals surface area contributed by atoms with E-state index in [-0.39, 0.29) is 17.3 Å². The number of hydrogen-bond donors (Lipinski definition) is 1. The van der Waals surface area contributed by atoms with Gasteiger partial charge in [-0.15, -0.1) is 0 Å². The number of carbonyl (C=O) groups excluding carboxylic acids is 1. The molecule has 11 heteroatoms. The number of amides is 1. The minimum atomic E-state index is -3.96. The van der Waals surface area contributed by atoms with Crippen molar-refractivity contribution in [2.75, 3.05) is 69.3 Å². The lowest BCUT2D eigenvalue weighted by Gasteiger charge is -2.52. The van der Waals surface area contributed by atoms with E-state index >= 15 is 0 Å². The number of aryl methyl sites for hydroxylation is 1. The van der Waals surface area contributed by atoms with Crippen LogP contribution in [0.1, 0.15) is 67.4 Å². The number of para-hydroxylation sites is 1. The third-order valence-electron chi connectivity index (χ3n) is 13.6. The van der Waals surface area contributed by atoms with Gasteiger partial charge in [-0.2, -0.15) is 0 Å². The molecular weight excluding hydrogens is 732 g/mol. The minimum Gasteiger partial charge on any atom is -0.490 e. The highest BCUT2D eigenvalue weighted by Gasteiger charge is 2.50. The number of allylic oxidation sites excluding steroid dienone is 1. The predicted molar refractivity (Wildman–Crippen MR) is 220 cm³/mol. The Hall–Kier alpha value is -3.57. The molecule has 1 saturated heterocycles. The Kier molecular flexibility index (Phi) is 10.7. The van der Waals surface area contributed by atoms with Gasteiger partial charge < -0.3 is 19.3 Å². The summed E-state index contributed by atoms with van der Waals surface area (Å²) >= 11 is 6.52. The number of rotatable bonds is 4. The summed E-state index contributed by atoms with van der Waals surface area (Å²) in [4.78, 5) is 21.1. The smallest absolute Gasteiger partial charge is 0.264 e. The van der Waals surface area contributed by atoms with Gasteiger partial charge >= 0.3 is 0 Å². The third kappa shape index (κ3) is 7.52. The van der Waals surface area contributed by atoms with Crippen LogP contribution in [0.3, 0.4) is 0 Å². The molecule has 55 heavy (non-hydrogen) atoms. The zero-order valence-corrected chi connectivity index (χ0v) is 34.0. The summed E-state index contributed by atoms with van der Waals surface area (Å²) in [5.74, 6) is 0.446. The molecule has 2 fully saturated rings. The van der Waals surface area contributed by atoms with E-state index < -0.39 is 26.8 Å². The zero-order valence-electron chi connectivity index (χ0n) is 32.4. The maximum absolute atomic E-state index is 13.7. The maximum Gasteiger partial charge on any atom is 0.264 e. The molecule has 1 spiro atoms. The Balaban J connectivity index is 1.16. The molecule has 3 aromatic carbocycles. The average Bonchev–Trinajstić information content (AvgIpc) is 3.32. The average molecular weight is 787 g/mol. The molecule has 294 valence electrons. The van der Waals surface area contributed by atoms with E-state index in [0.29, 0.717) is 36.8 Å². The Morgan fingerprint density at radius 1 is 0.982 bits per heavy atom. The van der Waals surface area contributed by atoms with E-state index in [1.807, 2.05) is 32.2 Å². The van der Waals surface area contributed by atoms with E-state index in [1.54, 1.807) is 13.0 Å². The normalized spacial score (nSPS) is 31.6. The first kappa shape index (κ1) is 38.3. The van der Waals surface area contributed by atoms with Crippen molar-refractivity contribution in [3.05, 3.63) is 101 Å². The van der Waals surface area contributed by atoms with Crippen LogP contribution in [0.25, 0.3) is 0 Å². The van der Waals surface area contributed by atoms with Crippen molar-refractivity contribution in [1.29, 1.82) is 0 Å². The van der Waals surface area contributed by atoms with E-state index in [1.165, 1.54) is 16.8 Å². The van der Waals surface area contributed by atoms with Gasteiger partial charge in [0.25, 0.3) is 5.91 Å². The molecule has 8 rings (SSSR count). The number of nitrogens with one attached hydrogen (secondary N) is 1. The van der Waals surface area contributed by atoms with Crippen molar-refractivity contribution < 1.29 is 22.7 Å². The molecule has 1 amide bonds.